The molecule has 0 amide bonds. The van der Waals surface area contributed by atoms with Crippen LogP contribution in [0.5, 0.6) is 0 Å². The lowest BCUT2D eigenvalue weighted by molar-refractivity contribution is 0.283. The Kier molecular flexibility index (Phi) is 3.10. The van der Waals surface area contributed by atoms with Crippen molar-refractivity contribution in [2.24, 2.45) is 0 Å². The number of rotatable bonds is 3. The summed E-state index contributed by atoms with van der Waals surface area (Å²) in [6.45, 7) is 3.01. The minimum Gasteiger partial charge on any atom is -0.392 e. The molecular formula is C17H17NO. The third kappa shape index (κ3) is 2.27. The molecule has 1 aromatic heterocycles. The third-order valence-corrected chi connectivity index (χ3v) is 3.51. The van der Waals surface area contributed by atoms with Gasteiger partial charge < -0.3 is 9.67 Å². The van der Waals surface area contributed by atoms with Crippen LogP contribution in [0.1, 0.15) is 16.7 Å². The first kappa shape index (κ1) is 12.0. The second-order valence-corrected chi connectivity index (χ2v) is 4.94. The highest BCUT2D eigenvalue weighted by Crippen LogP contribution is 2.22. The van der Waals surface area contributed by atoms with Crippen LogP contribution in [0.3, 0.4) is 0 Å². The highest BCUT2D eigenvalue weighted by Gasteiger charge is 2.07. The van der Waals surface area contributed by atoms with Gasteiger partial charge in [-0.05, 0) is 18.6 Å². The average molecular weight is 251 g/mol. The number of aliphatic hydroxyl groups excluding tert-OH is 1. The van der Waals surface area contributed by atoms with Crippen LogP contribution in [-0.2, 0) is 13.2 Å². The van der Waals surface area contributed by atoms with Crippen molar-refractivity contribution in [1.82, 2.24) is 4.57 Å². The van der Waals surface area contributed by atoms with Gasteiger partial charge in [0.15, 0.2) is 0 Å². The maximum Gasteiger partial charge on any atom is 0.0702 e. The van der Waals surface area contributed by atoms with Crippen LogP contribution in [0.2, 0.25) is 0 Å². The Hall–Kier alpha value is -2.06. The summed E-state index contributed by atoms with van der Waals surface area (Å²) < 4.78 is 2.20. The second-order valence-electron chi connectivity index (χ2n) is 4.94. The lowest BCUT2D eigenvalue weighted by Gasteiger charge is -2.06. The van der Waals surface area contributed by atoms with E-state index in [1.165, 1.54) is 16.6 Å². The van der Waals surface area contributed by atoms with Gasteiger partial charge >= 0.3 is 0 Å². The van der Waals surface area contributed by atoms with Gasteiger partial charge in [0.05, 0.1) is 6.61 Å². The van der Waals surface area contributed by atoms with Gasteiger partial charge in [-0.1, -0.05) is 48.0 Å². The van der Waals surface area contributed by atoms with Gasteiger partial charge in [0.2, 0.25) is 0 Å². The molecule has 0 aliphatic heterocycles. The summed E-state index contributed by atoms with van der Waals surface area (Å²) in [6, 6.07) is 16.8. The van der Waals surface area contributed by atoms with Crippen LogP contribution in [0.25, 0.3) is 10.9 Å². The van der Waals surface area contributed by atoms with E-state index in [0.29, 0.717) is 0 Å². The fourth-order valence-corrected chi connectivity index (χ4v) is 2.47. The molecule has 96 valence electrons. The lowest BCUT2D eigenvalue weighted by atomic mass is 10.1. The summed E-state index contributed by atoms with van der Waals surface area (Å²) in [7, 11) is 0. The molecule has 2 nitrogen and oxygen atoms in total. The standard InChI is InChI=1S/C17H17NO/c1-13-6-8-14(9-7-13)10-18-11-15(12-19)16-4-2-3-5-17(16)18/h2-9,11,19H,10,12H2,1H3. The fraction of sp³-hybridized carbons (Fsp3) is 0.176. The first-order valence-corrected chi connectivity index (χ1v) is 6.51. The fourth-order valence-electron chi connectivity index (χ4n) is 2.47. The molecule has 0 unspecified atom stereocenters. The number of aliphatic hydroxyl groups is 1. The Bertz CT molecular complexity index is 695. The van der Waals surface area contributed by atoms with Crippen LogP contribution in [-0.4, -0.2) is 9.67 Å². The molecule has 0 bridgehead atoms. The monoisotopic (exact) mass is 251 g/mol. The Morgan fingerprint density at radius 2 is 1.74 bits per heavy atom. The first-order chi connectivity index (χ1) is 9.28. The Morgan fingerprint density at radius 3 is 2.47 bits per heavy atom. The average Bonchev–Trinajstić information content (AvgIpc) is 2.80. The number of para-hydroxylation sites is 1. The third-order valence-electron chi connectivity index (χ3n) is 3.51. The van der Waals surface area contributed by atoms with E-state index in [4.69, 9.17) is 0 Å². The minimum absolute atomic E-state index is 0.0847. The zero-order chi connectivity index (χ0) is 13.2. The van der Waals surface area contributed by atoms with Crippen molar-refractivity contribution >= 4 is 10.9 Å². The molecule has 0 radical (unpaired) electrons. The predicted octanol–water partition coefficient (Wildman–Crippen LogP) is 3.49. The summed E-state index contributed by atoms with van der Waals surface area (Å²) in [6.07, 6.45) is 2.05. The molecule has 19 heavy (non-hydrogen) atoms. The number of benzene rings is 2. The molecule has 0 atom stereocenters. The molecule has 0 aliphatic rings. The second kappa shape index (κ2) is 4.90. The summed E-state index contributed by atoms with van der Waals surface area (Å²) in [4.78, 5) is 0. The minimum atomic E-state index is 0.0847. The summed E-state index contributed by atoms with van der Waals surface area (Å²) in [5, 5.41) is 10.6. The van der Waals surface area contributed by atoms with Crippen LogP contribution >= 0.6 is 0 Å². The number of nitrogens with zero attached hydrogens (tertiary/aromatic N) is 1. The molecule has 3 rings (SSSR count). The van der Waals surface area contributed by atoms with Crippen molar-refractivity contribution in [3.8, 4) is 0 Å². The molecule has 1 heterocycles. The van der Waals surface area contributed by atoms with Crippen molar-refractivity contribution in [2.45, 2.75) is 20.1 Å². The molecule has 3 aromatic rings. The van der Waals surface area contributed by atoms with Gasteiger partial charge in [-0.25, -0.2) is 0 Å². The molecule has 2 aromatic carbocycles. The van der Waals surface area contributed by atoms with Crippen LogP contribution < -0.4 is 0 Å². The molecule has 0 fully saturated rings. The van der Waals surface area contributed by atoms with E-state index in [0.717, 1.165) is 17.5 Å². The van der Waals surface area contributed by atoms with E-state index in [1.54, 1.807) is 0 Å². The van der Waals surface area contributed by atoms with E-state index < -0.39 is 0 Å². The number of aryl methyl sites for hydroxylation is 1. The number of aromatic nitrogens is 1. The van der Waals surface area contributed by atoms with Crippen molar-refractivity contribution in [1.29, 1.82) is 0 Å². The Labute approximate surface area is 112 Å². The molecule has 0 saturated carbocycles. The predicted molar refractivity (Wildman–Crippen MR) is 78.1 cm³/mol. The van der Waals surface area contributed by atoms with E-state index in [1.807, 2.05) is 18.3 Å². The molecule has 1 N–H and O–H groups in total. The maximum absolute atomic E-state index is 9.44. The van der Waals surface area contributed by atoms with Crippen LogP contribution in [0.4, 0.5) is 0 Å². The Balaban J connectivity index is 2.03. The quantitative estimate of drug-likeness (QED) is 0.757. The van der Waals surface area contributed by atoms with Crippen molar-refractivity contribution in [2.75, 3.05) is 0 Å². The molecule has 2 heteroatoms. The van der Waals surface area contributed by atoms with Crippen LogP contribution in [0.15, 0.2) is 54.7 Å². The number of fused-ring (bicyclic) bond motifs is 1. The van der Waals surface area contributed by atoms with E-state index in [9.17, 15) is 5.11 Å². The summed E-state index contributed by atoms with van der Waals surface area (Å²) in [5.74, 6) is 0. The lowest BCUT2D eigenvalue weighted by Crippen LogP contribution is -1.97. The van der Waals surface area contributed by atoms with E-state index in [-0.39, 0.29) is 6.61 Å². The summed E-state index contributed by atoms with van der Waals surface area (Å²) in [5.41, 5.74) is 4.71. The topological polar surface area (TPSA) is 25.2 Å². The molecule has 0 saturated heterocycles. The largest absolute Gasteiger partial charge is 0.392 e. The van der Waals surface area contributed by atoms with Gasteiger partial charge in [0.25, 0.3) is 0 Å². The smallest absolute Gasteiger partial charge is 0.0702 e. The first-order valence-electron chi connectivity index (χ1n) is 6.51. The van der Waals surface area contributed by atoms with Gasteiger partial charge in [-0.2, -0.15) is 0 Å². The Morgan fingerprint density at radius 1 is 1.00 bits per heavy atom. The van der Waals surface area contributed by atoms with Gasteiger partial charge in [-0.3, -0.25) is 0 Å². The SMILES string of the molecule is Cc1ccc(Cn2cc(CO)c3ccccc32)cc1. The van der Waals surface area contributed by atoms with Crippen molar-refractivity contribution < 1.29 is 5.11 Å². The molecule has 0 spiro atoms. The number of hydrogen-bond donors (Lipinski definition) is 1. The molecular weight excluding hydrogens is 234 g/mol. The van der Waals surface area contributed by atoms with Crippen molar-refractivity contribution in [3.05, 3.63) is 71.4 Å². The van der Waals surface area contributed by atoms with Gasteiger partial charge in [0, 0.05) is 29.2 Å². The zero-order valence-corrected chi connectivity index (χ0v) is 11.0. The van der Waals surface area contributed by atoms with Crippen molar-refractivity contribution in [3.63, 3.8) is 0 Å². The van der Waals surface area contributed by atoms with Crippen LogP contribution in [0, 0.1) is 6.92 Å². The summed E-state index contributed by atoms with van der Waals surface area (Å²) >= 11 is 0. The highest BCUT2D eigenvalue weighted by atomic mass is 16.3. The maximum atomic E-state index is 9.44. The highest BCUT2D eigenvalue weighted by molar-refractivity contribution is 5.83. The molecule has 0 aliphatic carbocycles. The van der Waals surface area contributed by atoms with E-state index >= 15 is 0 Å². The number of hydrogen-bond acceptors (Lipinski definition) is 1. The normalized spacial score (nSPS) is 11.1. The zero-order valence-electron chi connectivity index (χ0n) is 11.0. The van der Waals surface area contributed by atoms with Gasteiger partial charge in [-0.15, -0.1) is 0 Å². The van der Waals surface area contributed by atoms with E-state index in [2.05, 4.69) is 47.9 Å². The van der Waals surface area contributed by atoms with Gasteiger partial charge in [0.1, 0.15) is 0 Å².